The molecule has 0 aliphatic carbocycles. The summed E-state index contributed by atoms with van der Waals surface area (Å²) in [6.45, 7) is 4.92. The summed E-state index contributed by atoms with van der Waals surface area (Å²) in [7, 11) is 0. The van der Waals surface area contributed by atoms with Crippen LogP contribution in [0.2, 0.25) is 0 Å². The molecule has 0 saturated carbocycles. The van der Waals surface area contributed by atoms with Gasteiger partial charge in [0, 0.05) is 5.56 Å². The molecule has 180 valence electrons. The van der Waals surface area contributed by atoms with E-state index in [4.69, 9.17) is 9.47 Å². The number of carbonyl (C=O) groups excluding carboxylic acids is 1. The first-order chi connectivity index (χ1) is 16.6. The lowest BCUT2D eigenvalue weighted by molar-refractivity contribution is 0.0721. The second-order valence-corrected chi connectivity index (χ2v) is 8.33. The number of aryl methyl sites for hydroxylation is 1. The Labute approximate surface area is 201 Å². The maximum absolute atomic E-state index is 14.5. The molecule has 3 rings (SSSR count). The van der Waals surface area contributed by atoms with Crippen molar-refractivity contribution in [3.8, 4) is 22.8 Å². The van der Waals surface area contributed by atoms with Crippen molar-refractivity contribution in [1.29, 1.82) is 0 Å². The van der Waals surface area contributed by atoms with Crippen molar-refractivity contribution in [2.75, 3.05) is 6.61 Å². The number of carbonyl (C=O) groups is 1. The van der Waals surface area contributed by atoms with Crippen LogP contribution in [0.15, 0.2) is 54.9 Å². The summed E-state index contributed by atoms with van der Waals surface area (Å²) >= 11 is 0. The maximum atomic E-state index is 14.5. The third kappa shape index (κ3) is 7.65. The lowest BCUT2D eigenvalue weighted by atomic mass is 10.0. The highest BCUT2D eigenvalue weighted by Gasteiger charge is 2.15. The molecule has 0 radical (unpaired) electrons. The van der Waals surface area contributed by atoms with Crippen LogP contribution < -0.4 is 9.47 Å². The third-order valence-electron chi connectivity index (χ3n) is 5.50. The average Bonchev–Trinajstić information content (AvgIpc) is 2.87. The van der Waals surface area contributed by atoms with Gasteiger partial charge in [0.15, 0.2) is 17.3 Å². The SMILES string of the molecule is CCCCCCCCc1ccc(OC(=O)c2cnc(-c3ccc(OCCC)cc3)cn2)c(F)c1. The number of ether oxygens (including phenoxy) is 2. The summed E-state index contributed by atoms with van der Waals surface area (Å²) in [6, 6.07) is 12.3. The Morgan fingerprint density at radius 1 is 0.882 bits per heavy atom. The van der Waals surface area contributed by atoms with Crippen molar-refractivity contribution in [3.63, 3.8) is 0 Å². The van der Waals surface area contributed by atoms with Crippen LogP contribution in [0.25, 0.3) is 11.3 Å². The van der Waals surface area contributed by atoms with Crippen molar-refractivity contribution in [1.82, 2.24) is 9.97 Å². The zero-order valence-corrected chi connectivity index (χ0v) is 20.1. The fraction of sp³-hybridized carbons (Fsp3) is 0.393. The van der Waals surface area contributed by atoms with Crippen LogP contribution in [0, 0.1) is 5.82 Å². The van der Waals surface area contributed by atoms with E-state index in [2.05, 4.69) is 23.8 Å². The number of nitrogens with zero attached hydrogens (tertiary/aromatic N) is 2. The highest BCUT2D eigenvalue weighted by molar-refractivity contribution is 5.88. The first-order valence-corrected chi connectivity index (χ1v) is 12.2. The highest BCUT2D eigenvalue weighted by atomic mass is 19.1. The Morgan fingerprint density at radius 2 is 1.65 bits per heavy atom. The van der Waals surface area contributed by atoms with Crippen LogP contribution in [0.1, 0.15) is 74.8 Å². The van der Waals surface area contributed by atoms with Gasteiger partial charge in [0.25, 0.3) is 0 Å². The van der Waals surface area contributed by atoms with Gasteiger partial charge >= 0.3 is 5.97 Å². The Bertz CT molecular complexity index is 1040. The van der Waals surface area contributed by atoms with Gasteiger partial charge in [-0.25, -0.2) is 14.2 Å². The van der Waals surface area contributed by atoms with Crippen LogP contribution >= 0.6 is 0 Å². The van der Waals surface area contributed by atoms with E-state index < -0.39 is 11.8 Å². The Hall–Kier alpha value is -3.28. The molecular weight excluding hydrogens is 431 g/mol. The molecule has 2 aromatic carbocycles. The first-order valence-electron chi connectivity index (χ1n) is 12.2. The van der Waals surface area contributed by atoms with Gasteiger partial charge in [-0.05, 0) is 61.2 Å². The normalized spacial score (nSPS) is 10.8. The van der Waals surface area contributed by atoms with E-state index in [-0.39, 0.29) is 11.4 Å². The monoisotopic (exact) mass is 464 g/mol. The number of aromatic nitrogens is 2. The molecule has 1 heterocycles. The predicted octanol–water partition coefficient (Wildman–Crippen LogP) is 7.19. The van der Waals surface area contributed by atoms with Gasteiger partial charge in [-0.2, -0.15) is 0 Å². The molecule has 0 amide bonds. The molecule has 1 aromatic heterocycles. The van der Waals surface area contributed by atoms with Crippen LogP contribution in [0.3, 0.4) is 0 Å². The van der Waals surface area contributed by atoms with E-state index in [0.717, 1.165) is 42.6 Å². The van der Waals surface area contributed by atoms with Gasteiger partial charge in [-0.15, -0.1) is 0 Å². The second-order valence-electron chi connectivity index (χ2n) is 8.33. The van der Waals surface area contributed by atoms with Gasteiger partial charge in [0.1, 0.15) is 5.75 Å². The molecule has 0 atom stereocenters. The van der Waals surface area contributed by atoms with Gasteiger partial charge in [0.05, 0.1) is 24.7 Å². The van der Waals surface area contributed by atoms with E-state index in [9.17, 15) is 9.18 Å². The maximum Gasteiger partial charge on any atom is 0.364 e. The molecule has 0 unspecified atom stereocenters. The number of halogens is 1. The smallest absolute Gasteiger partial charge is 0.364 e. The fourth-order valence-corrected chi connectivity index (χ4v) is 3.57. The molecule has 6 heteroatoms. The first kappa shape index (κ1) is 25.3. The van der Waals surface area contributed by atoms with Crippen LogP contribution in [0.4, 0.5) is 4.39 Å². The summed E-state index contributed by atoms with van der Waals surface area (Å²) in [5.41, 5.74) is 2.39. The van der Waals surface area contributed by atoms with Gasteiger partial charge < -0.3 is 9.47 Å². The third-order valence-corrected chi connectivity index (χ3v) is 5.50. The molecular formula is C28H33FN2O3. The largest absolute Gasteiger partial charge is 0.494 e. The molecule has 34 heavy (non-hydrogen) atoms. The molecule has 0 aliphatic heterocycles. The van der Waals surface area contributed by atoms with E-state index in [1.165, 1.54) is 50.2 Å². The Morgan fingerprint density at radius 3 is 2.32 bits per heavy atom. The minimum Gasteiger partial charge on any atom is -0.494 e. The Balaban J connectivity index is 1.54. The number of benzene rings is 2. The van der Waals surface area contributed by atoms with Crippen molar-refractivity contribution in [3.05, 3.63) is 71.9 Å². The predicted molar refractivity (Wildman–Crippen MR) is 132 cm³/mol. The lowest BCUT2D eigenvalue weighted by Crippen LogP contribution is -2.12. The summed E-state index contributed by atoms with van der Waals surface area (Å²) in [4.78, 5) is 20.9. The average molecular weight is 465 g/mol. The topological polar surface area (TPSA) is 61.3 Å². The van der Waals surface area contributed by atoms with E-state index in [1.54, 1.807) is 6.07 Å². The lowest BCUT2D eigenvalue weighted by Gasteiger charge is -2.08. The summed E-state index contributed by atoms with van der Waals surface area (Å²) in [5, 5.41) is 0. The molecule has 5 nitrogen and oxygen atoms in total. The van der Waals surface area contributed by atoms with Gasteiger partial charge in [0.2, 0.25) is 0 Å². The number of rotatable bonds is 13. The van der Waals surface area contributed by atoms with Crippen LogP contribution in [-0.2, 0) is 6.42 Å². The summed E-state index contributed by atoms with van der Waals surface area (Å²) in [5.74, 6) is -0.610. The molecule has 0 bridgehead atoms. The molecule has 0 N–H and O–H groups in total. The van der Waals surface area contributed by atoms with E-state index >= 15 is 0 Å². The Kier molecular flexibility index (Phi) is 10.0. The number of esters is 1. The van der Waals surface area contributed by atoms with E-state index in [1.807, 2.05) is 24.3 Å². The minimum atomic E-state index is -0.745. The van der Waals surface area contributed by atoms with Crippen molar-refractivity contribution in [2.24, 2.45) is 0 Å². The van der Waals surface area contributed by atoms with Crippen molar-refractivity contribution >= 4 is 5.97 Å². The van der Waals surface area contributed by atoms with E-state index in [0.29, 0.717) is 12.3 Å². The fourth-order valence-electron chi connectivity index (χ4n) is 3.57. The van der Waals surface area contributed by atoms with Crippen molar-refractivity contribution < 1.29 is 18.7 Å². The molecule has 3 aromatic rings. The minimum absolute atomic E-state index is 0.0159. The summed E-state index contributed by atoms with van der Waals surface area (Å²) in [6.07, 6.45) is 11.7. The molecule has 0 aliphatic rings. The highest BCUT2D eigenvalue weighted by Crippen LogP contribution is 2.22. The van der Waals surface area contributed by atoms with Crippen molar-refractivity contribution in [2.45, 2.75) is 65.2 Å². The zero-order valence-electron chi connectivity index (χ0n) is 20.1. The quantitative estimate of drug-likeness (QED) is 0.152. The number of hydrogen-bond acceptors (Lipinski definition) is 5. The van der Waals surface area contributed by atoms with Gasteiger partial charge in [-0.1, -0.05) is 52.0 Å². The summed E-state index contributed by atoms with van der Waals surface area (Å²) < 4.78 is 25.3. The standard InChI is InChI=1S/C28H33FN2O3/c1-3-5-6-7-8-9-10-21-11-16-27(24(29)18-21)34-28(32)26-20-30-25(19-31-26)22-12-14-23(15-13-22)33-17-4-2/h11-16,18-20H,3-10,17H2,1-2H3. The molecule has 0 spiro atoms. The molecule has 0 fully saturated rings. The van der Waals surface area contributed by atoms with Crippen LogP contribution in [-0.4, -0.2) is 22.5 Å². The zero-order chi connectivity index (χ0) is 24.2. The number of unbranched alkanes of at least 4 members (excludes halogenated alkanes) is 5. The molecule has 0 saturated heterocycles. The van der Waals surface area contributed by atoms with Gasteiger partial charge in [-0.3, -0.25) is 4.98 Å². The second kappa shape index (κ2) is 13.4. The van der Waals surface area contributed by atoms with Crippen LogP contribution in [0.5, 0.6) is 11.5 Å². The number of hydrogen-bond donors (Lipinski definition) is 0.